The highest BCUT2D eigenvalue weighted by Crippen LogP contribution is 2.34. The minimum absolute atomic E-state index is 0.0537. The molecule has 1 fully saturated rings. The van der Waals surface area contributed by atoms with Crippen molar-refractivity contribution in [3.8, 4) is 0 Å². The van der Waals surface area contributed by atoms with Crippen molar-refractivity contribution >= 4 is 54.4 Å². The van der Waals surface area contributed by atoms with Crippen LogP contribution in [-0.2, 0) is 0 Å². The van der Waals surface area contributed by atoms with Gasteiger partial charge < -0.3 is 10.2 Å². The molecule has 2 aromatic heterocycles. The number of hydrogen-bond donors (Lipinski definition) is 1. The van der Waals surface area contributed by atoms with E-state index in [1.54, 1.807) is 11.3 Å². The number of piperazine rings is 1. The van der Waals surface area contributed by atoms with Crippen LogP contribution in [0.4, 0.5) is 5.69 Å². The normalized spacial score (nSPS) is 15.0. The van der Waals surface area contributed by atoms with Crippen LogP contribution in [-0.4, -0.2) is 50.1 Å². The fraction of sp³-hybridized carbons (Fsp3) is 0.346. The first-order valence-electron chi connectivity index (χ1n) is 11.4. The topological polar surface area (TPSA) is 35.6 Å². The third-order valence-corrected chi connectivity index (χ3v) is 8.31. The van der Waals surface area contributed by atoms with Crippen LogP contribution in [0, 0.1) is 6.92 Å². The van der Waals surface area contributed by atoms with Crippen LogP contribution >= 0.6 is 22.7 Å². The van der Waals surface area contributed by atoms with Crippen molar-refractivity contribution in [2.24, 2.45) is 0 Å². The van der Waals surface area contributed by atoms with Gasteiger partial charge in [0.25, 0.3) is 5.91 Å². The lowest BCUT2D eigenvalue weighted by Crippen LogP contribution is -2.46. The van der Waals surface area contributed by atoms with E-state index in [-0.39, 0.29) is 5.91 Å². The summed E-state index contributed by atoms with van der Waals surface area (Å²) in [5, 5.41) is 7.95. The van der Waals surface area contributed by atoms with Gasteiger partial charge in [0, 0.05) is 52.9 Å². The highest BCUT2D eigenvalue weighted by Gasteiger charge is 2.19. The van der Waals surface area contributed by atoms with Gasteiger partial charge in [0.1, 0.15) is 0 Å². The minimum atomic E-state index is 0.0537. The highest BCUT2D eigenvalue weighted by atomic mass is 32.1. The molecule has 5 rings (SSSR count). The molecule has 0 unspecified atom stereocenters. The van der Waals surface area contributed by atoms with Crippen LogP contribution in [0.1, 0.15) is 28.1 Å². The zero-order chi connectivity index (χ0) is 21.9. The molecule has 4 aromatic rings. The van der Waals surface area contributed by atoms with Crippen LogP contribution < -0.4 is 10.2 Å². The van der Waals surface area contributed by atoms with E-state index in [1.807, 2.05) is 29.5 Å². The van der Waals surface area contributed by atoms with Crippen LogP contribution in [0.2, 0.25) is 0 Å². The number of fused-ring (bicyclic) bond motifs is 2. The highest BCUT2D eigenvalue weighted by molar-refractivity contribution is 7.20. The van der Waals surface area contributed by atoms with E-state index in [4.69, 9.17) is 0 Å². The maximum atomic E-state index is 12.4. The van der Waals surface area contributed by atoms with Gasteiger partial charge in [0.05, 0.1) is 10.6 Å². The number of rotatable bonds is 7. The predicted octanol–water partition coefficient (Wildman–Crippen LogP) is 5.76. The number of carbonyl (C=O) groups is 1. The van der Waals surface area contributed by atoms with Crippen molar-refractivity contribution in [1.29, 1.82) is 0 Å². The summed E-state index contributed by atoms with van der Waals surface area (Å²) in [6, 6.07) is 16.9. The molecule has 1 aliphatic rings. The van der Waals surface area contributed by atoms with E-state index < -0.39 is 0 Å². The van der Waals surface area contributed by atoms with E-state index in [0.29, 0.717) is 0 Å². The standard InChI is InChI=1S/C26H29N3OS2/c1-19-8-9-21-22(18-31-24(21)16-19)29-14-12-28(13-15-29)11-5-4-10-27-26(30)25-17-20-6-2-3-7-23(20)32-25/h2-3,6-9,16-18H,4-5,10-15H2,1H3,(H,27,30). The lowest BCUT2D eigenvalue weighted by atomic mass is 10.1. The van der Waals surface area contributed by atoms with Crippen molar-refractivity contribution in [3.63, 3.8) is 0 Å². The Balaban J connectivity index is 1.03. The quantitative estimate of drug-likeness (QED) is 0.354. The Labute approximate surface area is 197 Å². The smallest absolute Gasteiger partial charge is 0.261 e. The maximum absolute atomic E-state index is 12.4. The van der Waals surface area contributed by atoms with Gasteiger partial charge in [-0.05, 0) is 55.5 Å². The third kappa shape index (κ3) is 4.68. The number of anilines is 1. The molecule has 0 aliphatic carbocycles. The van der Waals surface area contributed by atoms with Crippen LogP contribution in [0.15, 0.2) is 53.9 Å². The van der Waals surface area contributed by atoms with Gasteiger partial charge in [0.2, 0.25) is 0 Å². The average Bonchev–Trinajstić information content (AvgIpc) is 3.43. The fourth-order valence-electron chi connectivity index (χ4n) is 4.42. The number of thiophene rings is 2. The number of aryl methyl sites for hydroxylation is 1. The molecule has 1 saturated heterocycles. The summed E-state index contributed by atoms with van der Waals surface area (Å²) < 4.78 is 2.56. The van der Waals surface area contributed by atoms with E-state index in [0.717, 1.165) is 62.4 Å². The van der Waals surface area contributed by atoms with Gasteiger partial charge in [-0.2, -0.15) is 0 Å². The van der Waals surface area contributed by atoms with E-state index in [2.05, 4.69) is 57.8 Å². The molecule has 0 bridgehead atoms. The molecule has 0 atom stereocenters. The Morgan fingerprint density at radius 3 is 2.69 bits per heavy atom. The van der Waals surface area contributed by atoms with Crippen LogP contribution in [0.5, 0.6) is 0 Å². The Morgan fingerprint density at radius 1 is 1.00 bits per heavy atom. The molecule has 4 nitrogen and oxygen atoms in total. The molecule has 0 saturated carbocycles. The summed E-state index contributed by atoms with van der Waals surface area (Å²) in [5.74, 6) is 0.0537. The van der Waals surface area contributed by atoms with Crippen molar-refractivity contribution in [2.45, 2.75) is 19.8 Å². The molecular weight excluding hydrogens is 434 g/mol. The van der Waals surface area contributed by atoms with E-state index in [9.17, 15) is 4.79 Å². The Bertz CT molecular complexity index is 1190. The van der Waals surface area contributed by atoms with Gasteiger partial charge >= 0.3 is 0 Å². The van der Waals surface area contributed by atoms with Gasteiger partial charge in [0.15, 0.2) is 0 Å². The van der Waals surface area contributed by atoms with Crippen molar-refractivity contribution in [2.75, 3.05) is 44.2 Å². The summed E-state index contributed by atoms with van der Waals surface area (Å²) in [6.07, 6.45) is 2.14. The van der Waals surface area contributed by atoms with Crippen LogP contribution in [0.3, 0.4) is 0 Å². The SMILES string of the molecule is Cc1ccc2c(N3CCN(CCCCNC(=O)c4cc5ccccc5s4)CC3)csc2c1. The number of amides is 1. The molecule has 166 valence electrons. The van der Waals surface area contributed by atoms with Gasteiger partial charge in [-0.3, -0.25) is 9.69 Å². The molecule has 32 heavy (non-hydrogen) atoms. The summed E-state index contributed by atoms with van der Waals surface area (Å²) in [5.41, 5.74) is 2.73. The largest absolute Gasteiger partial charge is 0.368 e. The zero-order valence-electron chi connectivity index (χ0n) is 18.5. The Hall–Kier alpha value is -2.41. The first kappa shape index (κ1) is 21.4. The number of carbonyl (C=O) groups excluding carboxylic acids is 1. The predicted molar refractivity (Wildman–Crippen MR) is 139 cm³/mol. The summed E-state index contributed by atoms with van der Waals surface area (Å²) >= 11 is 3.42. The second-order valence-corrected chi connectivity index (χ2v) is 10.6. The molecule has 1 aliphatic heterocycles. The molecule has 1 amide bonds. The molecule has 1 N–H and O–H groups in total. The number of nitrogens with zero attached hydrogens (tertiary/aromatic N) is 2. The van der Waals surface area contributed by atoms with Crippen LogP contribution in [0.25, 0.3) is 20.2 Å². The number of nitrogens with one attached hydrogen (secondary N) is 1. The molecule has 0 radical (unpaired) electrons. The summed E-state index contributed by atoms with van der Waals surface area (Å²) in [7, 11) is 0. The average molecular weight is 464 g/mol. The summed E-state index contributed by atoms with van der Waals surface area (Å²) in [6.45, 7) is 8.40. The molecule has 3 heterocycles. The molecule has 6 heteroatoms. The number of unbranched alkanes of at least 4 members (excludes halogenated alkanes) is 1. The molecule has 2 aromatic carbocycles. The summed E-state index contributed by atoms with van der Waals surface area (Å²) in [4.78, 5) is 18.3. The monoisotopic (exact) mass is 463 g/mol. The van der Waals surface area contributed by atoms with E-state index in [1.165, 1.54) is 26.0 Å². The van der Waals surface area contributed by atoms with Crippen molar-refractivity contribution in [1.82, 2.24) is 10.2 Å². The third-order valence-electron chi connectivity index (χ3n) is 6.26. The first-order chi connectivity index (χ1) is 15.7. The Morgan fingerprint density at radius 2 is 1.84 bits per heavy atom. The zero-order valence-corrected chi connectivity index (χ0v) is 20.1. The van der Waals surface area contributed by atoms with Gasteiger partial charge in [-0.15, -0.1) is 22.7 Å². The number of benzene rings is 2. The Kier molecular flexibility index (Phi) is 6.44. The lowest BCUT2D eigenvalue weighted by Gasteiger charge is -2.35. The fourth-order valence-corrected chi connectivity index (χ4v) is 6.47. The number of hydrogen-bond acceptors (Lipinski definition) is 5. The van der Waals surface area contributed by atoms with Gasteiger partial charge in [-0.25, -0.2) is 0 Å². The molecular formula is C26H29N3OS2. The van der Waals surface area contributed by atoms with Gasteiger partial charge in [-0.1, -0.05) is 30.3 Å². The molecule has 0 spiro atoms. The maximum Gasteiger partial charge on any atom is 0.261 e. The lowest BCUT2D eigenvalue weighted by molar-refractivity contribution is 0.0956. The minimum Gasteiger partial charge on any atom is -0.368 e. The van der Waals surface area contributed by atoms with E-state index >= 15 is 0 Å². The second-order valence-electron chi connectivity index (χ2n) is 8.56. The van der Waals surface area contributed by atoms with Crippen molar-refractivity contribution in [3.05, 3.63) is 64.4 Å². The second kappa shape index (κ2) is 9.61. The van der Waals surface area contributed by atoms with Crippen molar-refractivity contribution < 1.29 is 4.79 Å². The first-order valence-corrected chi connectivity index (χ1v) is 13.1.